The minimum absolute atomic E-state index is 0.341. The van der Waals surface area contributed by atoms with Crippen LogP contribution < -0.4 is 25.2 Å². The quantitative estimate of drug-likeness (QED) is 0.782. The van der Waals surface area contributed by atoms with Crippen molar-refractivity contribution in [3.63, 3.8) is 0 Å². The van der Waals surface area contributed by atoms with E-state index < -0.39 is 0 Å². The number of hydrogen-bond donors (Lipinski definition) is 1. The molecule has 3 aliphatic rings. The maximum atomic E-state index is 6.73. The molecule has 3 heterocycles. The van der Waals surface area contributed by atoms with Crippen molar-refractivity contribution >= 4 is 23.0 Å². The zero-order valence-electron chi connectivity index (χ0n) is 19.8. The molecule has 1 saturated carbocycles. The number of nitrogens with two attached hydrogens (primary N) is 1. The summed E-state index contributed by atoms with van der Waals surface area (Å²) < 4.78 is 5.28. The van der Waals surface area contributed by atoms with Gasteiger partial charge in [-0.25, -0.2) is 9.97 Å². The highest BCUT2D eigenvalue weighted by Gasteiger charge is 2.50. The molecular formula is C25H36N6O. The van der Waals surface area contributed by atoms with Crippen molar-refractivity contribution < 1.29 is 4.74 Å². The number of hydrogen-bond acceptors (Lipinski definition) is 7. The number of rotatable bonds is 4. The second-order valence-electron chi connectivity index (χ2n) is 10.9. The number of piperazine rings is 1. The molecule has 2 atom stereocenters. The monoisotopic (exact) mass is 436 g/mol. The standard InChI is InChI=1S/C25H36N6O/c1-24(2)13-19-14-25(3,15-24)16-31(19)23-21(26)22(27-17-28-23)30-11-9-29(10-12-30)18-5-7-20(32-4)8-6-18/h5-8,17,19H,9-16,26H2,1-4H3. The summed E-state index contributed by atoms with van der Waals surface area (Å²) in [5, 5.41) is 0. The molecule has 1 aromatic heterocycles. The zero-order chi connectivity index (χ0) is 22.5. The van der Waals surface area contributed by atoms with E-state index in [1.54, 1.807) is 13.4 Å². The third-order valence-corrected chi connectivity index (χ3v) is 7.55. The first-order valence-electron chi connectivity index (χ1n) is 11.8. The summed E-state index contributed by atoms with van der Waals surface area (Å²) in [6.45, 7) is 11.9. The maximum absolute atomic E-state index is 6.73. The fourth-order valence-electron chi connectivity index (χ4n) is 6.54. The van der Waals surface area contributed by atoms with Gasteiger partial charge in [0.25, 0.3) is 0 Å². The molecule has 2 saturated heterocycles. The summed E-state index contributed by atoms with van der Waals surface area (Å²) in [6, 6.07) is 8.80. The topological polar surface area (TPSA) is 70.8 Å². The average Bonchev–Trinajstić information content (AvgIpc) is 3.02. The second-order valence-corrected chi connectivity index (χ2v) is 10.9. The molecule has 2 unspecified atom stereocenters. The maximum Gasteiger partial charge on any atom is 0.157 e. The first kappa shape index (κ1) is 21.2. The molecule has 2 aliphatic heterocycles. The van der Waals surface area contributed by atoms with E-state index in [-0.39, 0.29) is 0 Å². The van der Waals surface area contributed by atoms with E-state index in [1.165, 1.54) is 24.9 Å². The highest BCUT2D eigenvalue weighted by atomic mass is 16.5. The summed E-state index contributed by atoms with van der Waals surface area (Å²) >= 11 is 0. The molecule has 7 nitrogen and oxygen atoms in total. The van der Waals surface area contributed by atoms with Crippen LogP contribution in [0.1, 0.15) is 40.0 Å². The summed E-state index contributed by atoms with van der Waals surface area (Å²) in [5.74, 6) is 2.70. The van der Waals surface area contributed by atoms with Crippen LogP contribution in [0.5, 0.6) is 5.75 Å². The predicted molar refractivity (Wildman–Crippen MR) is 131 cm³/mol. The van der Waals surface area contributed by atoms with Crippen LogP contribution in [0, 0.1) is 10.8 Å². The molecule has 0 radical (unpaired) electrons. The molecule has 0 spiro atoms. The molecule has 7 heteroatoms. The molecule has 2 N–H and O–H groups in total. The summed E-state index contributed by atoms with van der Waals surface area (Å²) in [7, 11) is 1.70. The van der Waals surface area contributed by atoms with Crippen molar-refractivity contribution in [2.24, 2.45) is 10.8 Å². The lowest BCUT2D eigenvalue weighted by Crippen LogP contribution is -2.47. The number of nitrogen functional groups attached to an aromatic ring is 1. The highest BCUT2D eigenvalue weighted by Crippen LogP contribution is 2.54. The Morgan fingerprint density at radius 1 is 0.938 bits per heavy atom. The lowest BCUT2D eigenvalue weighted by molar-refractivity contribution is 0.136. The van der Waals surface area contributed by atoms with Gasteiger partial charge in [0.1, 0.15) is 17.8 Å². The van der Waals surface area contributed by atoms with E-state index in [0.29, 0.717) is 16.9 Å². The van der Waals surface area contributed by atoms with Gasteiger partial charge >= 0.3 is 0 Å². The Balaban J connectivity index is 1.32. The Hall–Kier alpha value is -2.70. The van der Waals surface area contributed by atoms with Crippen molar-refractivity contribution in [3.05, 3.63) is 30.6 Å². The largest absolute Gasteiger partial charge is 0.497 e. The summed E-state index contributed by atoms with van der Waals surface area (Å²) in [4.78, 5) is 16.5. The van der Waals surface area contributed by atoms with E-state index >= 15 is 0 Å². The lowest BCUT2D eigenvalue weighted by atomic mass is 9.65. The van der Waals surface area contributed by atoms with Crippen LogP contribution in [0.15, 0.2) is 30.6 Å². The molecule has 172 valence electrons. The first-order valence-corrected chi connectivity index (χ1v) is 11.8. The number of aromatic nitrogens is 2. The van der Waals surface area contributed by atoms with Crippen LogP contribution in [-0.2, 0) is 0 Å². The fraction of sp³-hybridized carbons (Fsp3) is 0.600. The van der Waals surface area contributed by atoms with Crippen LogP contribution in [0.4, 0.5) is 23.0 Å². The van der Waals surface area contributed by atoms with Gasteiger partial charge in [-0.15, -0.1) is 0 Å². The van der Waals surface area contributed by atoms with Crippen LogP contribution in [0.2, 0.25) is 0 Å². The van der Waals surface area contributed by atoms with Gasteiger partial charge in [-0.3, -0.25) is 0 Å². The average molecular weight is 437 g/mol. The Morgan fingerprint density at radius 2 is 1.59 bits per heavy atom. The zero-order valence-corrected chi connectivity index (χ0v) is 19.8. The Labute approximate surface area is 191 Å². The van der Waals surface area contributed by atoms with Gasteiger partial charge in [-0.05, 0) is 54.4 Å². The molecule has 0 amide bonds. The lowest BCUT2D eigenvalue weighted by Gasteiger charge is -2.39. The number of methoxy groups -OCH3 is 1. The minimum atomic E-state index is 0.341. The van der Waals surface area contributed by atoms with Crippen molar-refractivity contribution in [3.8, 4) is 5.75 Å². The van der Waals surface area contributed by atoms with Crippen LogP contribution in [-0.4, -0.2) is 55.8 Å². The van der Waals surface area contributed by atoms with Gasteiger partial charge in [0.2, 0.25) is 0 Å². The van der Waals surface area contributed by atoms with E-state index in [2.05, 4.69) is 57.6 Å². The number of fused-ring (bicyclic) bond motifs is 2. The Bertz CT molecular complexity index is 969. The van der Waals surface area contributed by atoms with Crippen LogP contribution >= 0.6 is 0 Å². The SMILES string of the molecule is COc1ccc(N2CCN(c3ncnc(N4CC5(C)CC4CC(C)(C)C5)c3N)CC2)cc1. The van der Waals surface area contributed by atoms with Gasteiger partial charge in [-0.2, -0.15) is 0 Å². The molecule has 3 fully saturated rings. The molecule has 1 aromatic carbocycles. The van der Waals surface area contributed by atoms with Gasteiger partial charge < -0.3 is 25.2 Å². The summed E-state index contributed by atoms with van der Waals surface area (Å²) in [5.41, 5.74) is 9.40. The van der Waals surface area contributed by atoms with Crippen molar-refractivity contribution in [2.45, 2.75) is 46.1 Å². The number of benzene rings is 1. The van der Waals surface area contributed by atoms with Crippen molar-refractivity contribution in [2.75, 3.05) is 60.3 Å². The van der Waals surface area contributed by atoms with Gasteiger partial charge in [-0.1, -0.05) is 20.8 Å². The summed E-state index contributed by atoms with van der Waals surface area (Å²) in [6.07, 6.45) is 5.39. The normalized spacial score (nSPS) is 27.0. The first-order chi connectivity index (χ1) is 15.3. The predicted octanol–water partition coefficient (Wildman–Crippen LogP) is 3.80. The third-order valence-electron chi connectivity index (χ3n) is 7.55. The van der Waals surface area contributed by atoms with E-state index in [1.807, 2.05) is 12.1 Å². The number of anilines is 4. The van der Waals surface area contributed by atoms with Crippen molar-refractivity contribution in [1.29, 1.82) is 0 Å². The smallest absolute Gasteiger partial charge is 0.157 e. The molecule has 5 rings (SSSR count). The van der Waals surface area contributed by atoms with Gasteiger partial charge in [0.05, 0.1) is 7.11 Å². The Morgan fingerprint density at radius 3 is 2.28 bits per heavy atom. The number of nitrogens with zero attached hydrogens (tertiary/aromatic N) is 5. The fourth-order valence-corrected chi connectivity index (χ4v) is 6.54. The third kappa shape index (κ3) is 3.82. The Kier molecular flexibility index (Phi) is 5.10. The molecule has 2 bridgehead atoms. The van der Waals surface area contributed by atoms with Crippen LogP contribution in [0.3, 0.4) is 0 Å². The highest BCUT2D eigenvalue weighted by molar-refractivity contribution is 5.76. The molecule has 32 heavy (non-hydrogen) atoms. The van der Waals surface area contributed by atoms with Crippen LogP contribution in [0.25, 0.3) is 0 Å². The van der Waals surface area contributed by atoms with E-state index in [0.717, 1.165) is 55.8 Å². The van der Waals surface area contributed by atoms with Crippen molar-refractivity contribution in [1.82, 2.24) is 9.97 Å². The molecule has 2 aromatic rings. The minimum Gasteiger partial charge on any atom is -0.497 e. The second kappa shape index (κ2) is 7.71. The molecule has 1 aliphatic carbocycles. The van der Waals surface area contributed by atoms with E-state index in [4.69, 9.17) is 10.5 Å². The van der Waals surface area contributed by atoms with E-state index in [9.17, 15) is 0 Å². The molecular weight excluding hydrogens is 400 g/mol. The van der Waals surface area contributed by atoms with Gasteiger partial charge in [0.15, 0.2) is 11.6 Å². The van der Waals surface area contributed by atoms with Gasteiger partial charge in [0, 0.05) is 44.5 Å². The number of ether oxygens (including phenoxy) is 1.